The number of likely N-dealkylation sites (tertiary alicyclic amines) is 2. The molecule has 3 heterocycles. The van der Waals surface area contributed by atoms with E-state index in [-0.39, 0.29) is 11.8 Å². The standard InChI is InChI=1S/C22H26N4O2/c1-17-14-24-19(15-23-17)20(27)26-13-10-22(16-26)9-5-11-25(21(22)28)12-8-18-6-3-2-4-7-18/h2-4,6-7,14-15H,5,8-13,16H2,1H3. The number of carbonyl (C=O) groups excluding carboxylic acids is 2. The van der Waals surface area contributed by atoms with E-state index in [0.29, 0.717) is 18.8 Å². The smallest absolute Gasteiger partial charge is 0.274 e. The van der Waals surface area contributed by atoms with Crippen molar-refractivity contribution in [2.75, 3.05) is 26.2 Å². The van der Waals surface area contributed by atoms with Gasteiger partial charge in [0.25, 0.3) is 5.91 Å². The van der Waals surface area contributed by atoms with Gasteiger partial charge >= 0.3 is 0 Å². The van der Waals surface area contributed by atoms with Crippen molar-refractivity contribution in [1.82, 2.24) is 19.8 Å². The second-order valence-corrected chi connectivity index (χ2v) is 7.93. The molecular formula is C22H26N4O2. The summed E-state index contributed by atoms with van der Waals surface area (Å²) in [7, 11) is 0. The van der Waals surface area contributed by atoms with Gasteiger partial charge in [0.05, 0.1) is 17.3 Å². The number of piperidine rings is 1. The van der Waals surface area contributed by atoms with Gasteiger partial charge in [-0.2, -0.15) is 0 Å². The number of hydrogen-bond donors (Lipinski definition) is 0. The minimum atomic E-state index is -0.428. The van der Waals surface area contributed by atoms with Gasteiger partial charge in [0, 0.05) is 32.4 Å². The van der Waals surface area contributed by atoms with Crippen molar-refractivity contribution in [3.8, 4) is 0 Å². The Kier molecular flexibility index (Phi) is 5.11. The van der Waals surface area contributed by atoms with Crippen molar-refractivity contribution in [3.05, 3.63) is 59.7 Å². The number of carbonyl (C=O) groups is 2. The fourth-order valence-electron chi connectivity index (χ4n) is 4.36. The Balaban J connectivity index is 1.42. The Hall–Kier alpha value is -2.76. The van der Waals surface area contributed by atoms with Crippen LogP contribution in [0.25, 0.3) is 0 Å². The quantitative estimate of drug-likeness (QED) is 0.820. The lowest BCUT2D eigenvalue weighted by Gasteiger charge is -2.39. The predicted octanol–water partition coefficient (Wildman–Crippen LogP) is 2.48. The first-order chi connectivity index (χ1) is 13.6. The van der Waals surface area contributed by atoms with Crippen LogP contribution in [0, 0.1) is 12.3 Å². The molecule has 2 fully saturated rings. The number of amides is 2. The average molecular weight is 378 g/mol. The monoisotopic (exact) mass is 378 g/mol. The molecule has 1 unspecified atom stereocenters. The van der Waals surface area contributed by atoms with Crippen molar-refractivity contribution in [2.45, 2.75) is 32.6 Å². The Morgan fingerprint density at radius 3 is 2.68 bits per heavy atom. The van der Waals surface area contributed by atoms with E-state index in [1.165, 1.54) is 11.8 Å². The summed E-state index contributed by atoms with van der Waals surface area (Å²) in [6.45, 7) is 4.48. The van der Waals surface area contributed by atoms with Crippen LogP contribution in [0.1, 0.15) is 41.0 Å². The van der Waals surface area contributed by atoms with Crippen LogP contribution in [0.4, 0.5) is 0 Å². The fraction of sp³-hybridized carbons (Fsp3) is 0.455. The van der Waals surface area contributed by atoms with Gasteiger partial charge in [-0.3, -0.25) is 14.6 Å². The van der Waals surface area contributed by atoms with Crippen molar-refractivity contribution in [3.63, 3.8) is 0 Å². The highest BCUT2D eigenvalue weighted by Gasteiger charge is 2.49. The van der Waals surface area contributed by atoms with E-state index in [2.05, 4.69) is 22.1 Å². The lowest BCUT2D eigenvalue weighted by molar-refractivity contribution is -0.145. The minimum Gasteiger partial charge on any atom is -0.342 e. The van der Waals surface area contributed by atoms with Gasteiger partial charge < -0.3 is 9.80 Å². The van der Waals surface area contributed by atoms with E-state index >= 15 is 0 Å². The molecule has 4 rings (SSSR count). The van der Waals surface area contributed by atoms with Gasteiger partial charge in [0.15, 0.2) is 0 Å². The maximum Gasteiger partial charge on any atom is 0.274 e. The Bertz CT molecular complexity index is 853. The van der Waals surface area contributed by atoms with Crippen molar-refractivity contribution in [1.29, 1.82) is 0 Å². The molecule has 2 saturated heterocycles. The van der Waals surface area contributed by atoms with Crippen LogP contribution in [-0.2, 0) is 11.2 Å². The molecule has 146 valence electrons. The fourth-order valence-corrected chi connectivity index (χ4v) is 4.36. The first kappa shape index (κ1) is 18.6. The van der Waals surface area contributed by atoms with Gasteiger partial charge in [0.2, 0.25) is 5.91 Å². The summed E-state index contributed by atoms with van der Waals surface area (Å²) >= 11 is 0. The van der Waals surface area contributed by atoms with Crippen LogP contribution in [0.5, 0.6) is 0 Å². The highest BCUT2D eigenvalue weighted by Crippen LogP contribution is 2.40. The molecule has 0 bridgehead atoms. The summed E-state index contributed by atoms with van der Waals surface area (Å²) in [5, 5.41) is 0. The SMILES string of the molecule is Cc1cnc(C(=O)N2CCC3(CCCN(CCc4ccccc4)C3=O)C2)cn1. The van der Waals surface area contributed by atoms with Gasteiger partial charge in [-0.05, 0) is 38.2 Å². The minimum absolute atomic E-state index is 0.126. The summed E-state index contributed by atoms with van der Waals surface area (Å²) in [5.41, 5.74) is 1.96. The zero-order chi connectivity index (χ0) is 19.6. The van der Waals surface area contributed by atoms with Gasteiger partial charge in [-0.25, -0.2) is 4.98 Å². The summed E-state index contributed by atoms with van der Waals surface area (Å²) in [6, 6.07) is 10.3. The Morgan fingerprint density at radius 2 is 1.93 bits per heavy atom. The highest BCUT2D eigenvalue weighted by molar-refractivity contribution is 5.93. The van der Waals surface area contributed by atoms with Crippen LogP contribution in [0.2, 0.25) is 0 Å². The third-order valence-corrected chi connectivity index (χ3v) is 5.98. The lowest BCUT2D eigenvalue weighted by Crippen LogP contribution is -2.50. The van der Waals surface area contributed by atoms with E-state index in [1.54, 1.807) is 11.1 Å². The van der Waals surface area contributed by atoms with E-state index in [1.807, 2.05) is 30.0 Å². The first-order valence-electron chi connectivity index (χ1n) is 9.99. The number of benzene rings is 1. The van der Waals surface area contributed by atoms with E-state index < -0.39 is 5.41 Å². The normalized spacial score (nSPS) is 22.1. The van der Waals surface area contributed by atoms with Crippen LogP contribution in [0.3, 0.4) is 0 Å². The molecule has 6 heteroatoms. The van der Waals surface area contributed by atoms with Crippen LogP contribution in [0.15, 0.2) is 42.7 Å². The predicted molar refractivity (Wildman–Crippen MR) is 106 cm³/mol. The molecule has 1 aromatic carbocycles. The zero-order valence-electron chi connectivity index (χ0n) is 16.3. The third-order valence-electron chi connectivity index (χ3n) is 5.98. The van der Waals surface area contributed by atoms with Crippen molar-refractivity contribution >= 4 is 11.8 Å². The van der Waals surface area contributed by atoms with Crippen molar-refractivity contribution in [2.24, 2.45) is 5.41 Å². The summed E-state index contributed by atoms with van der Waals surface area (Å²) in [5.74, 6) is 0.0820. The van der Waals surface area contributed by atoms with E-state index in [9.17, 15) is 9.59 Å². The second-order valence-electron chi connectivity index (χ2n) is 7.93. The number of aryl methyl sites for hydroxylation is 1. The molecule has 0 saturated carbocycles. The molecule has 2 aliphatic heterocycles. The number of nitrogens with zero attached hydrogens (tertiary/aromatic N) is 4. The number of rotatable bonds is 4. The molecule has 28 heavy (non-hydrogen) atoms. The molecule has 1 spiro atoms. The average Bonchev–Trinajstić information content (AvgIpc) is 3.15. The molecule has 0 radical (unpaired) electrons. The molecule has 2 amide bonds. The van der Waals surface area contributed by atoms with E-state index in [0.717, 1.165) is 44.5 Å². The Labute approximate surface area is 165 Å². The highest BCUT2D eigenvalue weighted by atomic mass is 16.2. The van der Waals surface area contributed by atoms with Crippen molar-refractivity contribution < 1.29 is 9.59 Å². The topological polar surface area (TPSA) is 66.4 Å². The largest absolute Gasteiger partial charge is 0.342 e. The van der Waals surface area contributed by atoms with E-state index in [4.69, 9.17) is 0 Å². The van der Waals surface area contributed by atoms with Crippen LogP contribution >= 0.6 is 0 Å². The van der Waals surface area contributed by atoms with Crippen LogP contribution < -0.4 is 0 Å². The van der Waals surface area contributed by atoms with Crippen LogP contribution in [-0.4, -0.2) is 57.8 Å². The summed E-state index contributed by atoms with van der Waals surface area (Å²) in [4.78, 5) is 38.2. The van der Waals surface area contributed by atoms with Gasteiger partial charge in [-0.15, -0.1) is 0 Å². The molecule has 0 N–H and O–H groups in total. The second kappa shape index (κ2) is 7.70. The van der Waals surface area contributed by atoms with Gasteiger partial charge in [-0.1, -0.05) is 30.3 Å². The molecule has 0 aliphatic carbocycles. The summed E-state index contributed by atoms with van der Waals surface area (Å²) in [6.07, 6.45) is 6.58. The molecule has 1 atom stereocenters. The molecule has 1 aromatic heterocycles. The molecule has 2 aromatic rings. The summed E-state index contributed by atoms with van der Waals surface area (Å²) < 4.78 is 0. The maximum absolute atomic E-state index is 13.3. The third kappa shape index (κ3) is 3.63. The molecule has 2 aliphatic rings. The molecule has 6 nitrogen and oxygen atoms in total. The Morgan fingerprint density at radius 1 is 1.11 bits per heavy atom. The zero-order valence-corrected chi connectivity index (χ0v) is 16.3. The lowest BCUT2D eigenvalue weighted by atomic mass is 9.78. The first-order valence-corrected chi connectivity index (χ1v) is 9.99. The molecular weight excluding hydrogens is 352 g/mol. The maximum atomic E-state index is 13.3. The number of aromatic nitrogens is 2. The number of hydrogen-bond acceptors (Lipinski definition) is 4. The van der Waals surface area contributed by atoms with Gasteiger partial charge in [0.1, 0.15) is 5.69 Å².